The molecule has 1 amide bonds. The number of aliphatic hydroxyl groups is 1. The lowest BCUT2D eigenvalue weighted by Crippen LogP contribution is -2.42. The summed E-state index contributed by atoms with van der Waals surface area (Å²) in [6.07, 6.45) is -0.242. The topological polar surface area (TPSA) is 170 Å². The van der Waals surface area contributed by atoms with Crippen LogP contribution in [0.1, 0.15) is 53.1 Å². The van der Waals surface area contributed by atoms with Crippen LogP contribution in [0, 0.1) is 0 Å². The first kappa shape index (κ1) is 31.2. The first-order valence-corrected chi connectivity index (χ1v) is 14.0. The maximum Gasteiger partial charge on any atom is 0.303 e. The van der Waals surface area contributed by atoms with E-state index in [4.69, 9.17) is 16.3 Å². The van der Waals surface area contributed by atoms with Crippen LogP contribution in [0.2, 0.25) is 5.02 Å². The van der Waals surface area contributed by atoms with Gasteiger partial charge in [0.2, 0.25) is 0 Å². The molecular weight excluding hydrogens is 571 g/mol. The molecule has 2 aromatic rings. The number of aromatic hydroxyl groups is 1. The molecule has 2 atom stereocenters. The van der Waals surface area contributed by atoms with Crippen molar-refractivity contribution in [1.82, 2.24) is 10.6 Å². The third-order valence-electron chi connectivity index (χ3n) is 7.46. The molecule has 11 nitrogen and oxygen atoms in total. The highest BCUT2D eigenvalue weighted by molar-refractivity contribution is 6.30. The molecule has 2 aromatic carbocycles. The molecule has 0 bridgehead atoms. The van der Waals surface area contributed by atoms with Crippen LogP contribution in [0.5, 0.6) is 5.75 Å². The van der Waals surface area contributed by atoms with Crippen molar-refractivity contribution >= 4 is 40.9 Å². The Morgan fingerprint density at radius 1 is 1.14 bits per heavy atom. The molecule has 1 saturated heterocycles. The van der Waals surface area contributed by atoms with Gasteiger partial charge >= 0.3 is 5.97 Å². The Bertz CT molecular complexity index is 1350. The molecule has 2 aliphatic heterocycles. The lowest BCUT2D eigenvalue weighted by molar-refractivity contribution is -0.137. The van der Waals surface area contributed by atoms with Crippen LogP contribution in [0.15, 0.2) is 41.4 Å². The Labute approximate surface area is 247 Å². The van der Waals surface area contributed by atoms with Gasteiger partial charge in [0.15, 0.2) is 11.7 Å². The van der Waals surface area contributed by atoms with E-state index in [1.54, 1.807) is 18.2 Å². The minimum Gasteiger partial charge on any atom is -0.508 e. The van der Waals surface area contributed by atoms with E-state index in [1.165, 1.54) is 18.2 Å². The SMILES string of the molecule is O=C(O)C[C@H](CC(=O)CNC(=O)c1cc(O)cc(NC2=NCC(O)CN2)c1)c1cc(Cl)cc(C2(CF)CCOCC2)c1. The van der Waals surface area contributed by atoms with Crippen LogP contribution < -0.4 is 16.0 Å². The molecular formula is C29H34ClFN4O7. The van der Waals surface area contributed by atoms with Crippen LogP contribution in [0.25, 0.3) is 0 Å². The molecule has 6 N–H and O–H groups in total. The summed E-state index contributed by atoms with van der Waals surface area (Å²) in [5.41, 5.74) is 0.805. The molecule has 0 aliphatic carbocycles. The maximum absolute atomic E-state index is 14.3. The van der Waals surface area contributed by atoms with Crippen LogP contribution in [-0.4, -0.2) is 84.6 Å². The number of aliphatic hydroxyl groups excluding tert-OH is 1. The highest BCUT2D eigenvalue weighted by atomic mass is 35.5. The highest BCUT2D eigenvalue weighted by Crippen LogP contribution is 2.39. The molecule has 42 heavy (non-hydrogen) atoms. The molecule has 1 unspecified atom stereocenters. The predicted molar refractivity (Wildman–Crippen MR) is 154 cm³/mol. The third kappa shape index (κ3) is 8.17. The summed E-state index contributed by atoms with van der Waals surface area (Å²) in [6, 6.07) is 9.08. The zero-order valence-electron chi connectivity index (χ0n) is 22.9. The minimum absolute atomic E-state index is 0.0799. The fourth-order valence-corrected chi connectivity index (χ4v) is 5.37. The number of halogens is 2. The van der Waals surface area contributed by atoms with Crippen LogP contribution >= 0.6 is 11.6 Å². The van der Waals surface area contributed by atoms with E-state index in [-0.39, 0.29) is 37.2 Å². The third-order valence-corrected chi connectivity index (χ3v) is 7.68. The Morgan fingerprint density at radius 2 is 1.90 bits per heavy atom. The molecule has 0 saturated carbocycles. The average molecular weight is 605 g/mol. The fourth-order valence-electron chi connectivity index (χ4n) is 5.13. The van der Waals surface area contributed by atoms with E-state index in [0.717, 1.165) is 0 Å². The number of phenols is 1. The van der Waals surface area contributed by atoms with Gasteiger partial charge in [0.25, 0.3) is 5.91 Å². The van der Waals surface area contributed by atoms with Gasteiger partial charge < -0.3 is 36.0 Å². The molecule has 2 heterocycles. The quantitative estimate of drug-likeness (QED) is 0.226. The number of anilines is 1. The molecule has 13 heteroatoms. The van der Waals surface area contributed by atoms with Crippen LogP contribution in [0.3, 0.4) is 0 Å². The number of hydrogen-bond donors (Lipinski definition) is 6. The lowest BCUT2D eigenvalue weighted by atomic mass is 9.74. The number of carboxylic acids is 1. The molecule has 0 spiro atoms. The van der Waals surface area contributed by atoms with E-state index in [2.05, 4.69) is 20.9 Å². The van der Waals surface area contributed by atoms with Gasteiger partial charge in [0.05, 0.1) is 32.3 Å². The smallest absolute Gasteiger partial charge is 0.303 e. The number of carboxylic acid groups (broad SMARTS) is 1. The lowest BCUT2D eigenvalue weighted by Gasteiger charge is -2.36. The summed E-state index contributed by atoms with van der Waals surface area (Å²) in [6.45, 7) is 0.299. The minimum atomic E-state index is -1.11. The Balaban J connectivity index is 1.43. The normalized spacial score (nSPS) is 18.7. The molecule has 226 valence electrons. The van der Waals surface area contributed by atoms with E-state index in [1.807, 2.05) is 0 Å². The second-order valence-corrected chi connectivity index (χ2v) is 11.1. The number of β-amino-alcohol motifs (C(OH)–C–C–N with tert-alkyl or cyclic N) is 1. The summed E-state index contributed by atoms with van der Waals surface area (Å²) in [5.74, 6) is -2.73. The Morgan fingerprint density at radius 3 is 2.57 bits per heavy atom. The summed E-state index contributed by atoms with van der Waals surface area (Å²) in [5, 5.41) is 37.9. The summed E-state index contributed by atoms with van der Waals surface area (Å²) >= 11 is 6.38. The second kappa shape index (κ2) is 14.0. The average Bonchev–Trinajstić information content (AvgIpc) is 2.96. The van der Waals surface area contributed by atoms with E-state index in [0.29, 0.717) is 60.4 Å². The number of nitrogens with one attached hydrogen (secondary N) is 3. The zero-order valence-corrected chi connectivity index (χ0v) is 23.6. The van der Waals surface area contributed by atoms with Crippen molar-refractivity contribution in [1.29, 1.82) is 0 Å². The number of nitrogens with zero attached hydrogens (tertiary/aromatic N) is 1. The molecule has 2 aliphatic rings. The Hall–Kier alpha value is -3.74. The summed E-state index contributed by atoms with van der Waals surface area (Å²) in [7, 11) is 0. The number of Topliss-reactive ketones (excluding diaryl/α,β-unsaturated/α-hetero) is 1. The van der Waals surface area contributed by atoms with Gasteiger partial charge in [-0.3, -0.25) is 23.8 Å². The number of hydrogen-bond acceptors (Lipinski definition) is 9. The number of alkyl halides is 1. The number of guanidine groups is 1. The number of carbonyl (C=O) groups excluding carboxylic acids is 2. The number of rotatable bonds is 11. The number of ketones is 1. The van der Waals surface area contributed by atoms with Gasteiger partial charge in [0.1, 0.15) is 5.75 Å². The van der Waals surface area contributed by atoms with E-state index in [9.17, 15) is 34.1 Å². The van der Waals surface area contributed by atoms with Gasteiger partial charge in [-0.2, -0.15) is 0 Å². The predicted octanol–water partition coefficient (Wildman–Crippen LogP) is 2.74. The van der Waals surface area contributed by atoms with Crippen molar-refractivity contribution in [2.45, 2.75) is 43.1 Å². The fraction of sp³-hybridized carbons (Fsp3) is 0.448. The van der Waals surface area contributed by atoms with Crippen molar-refractivity contribution in [3.63, 3.8) is 0 Å². The standard InChI is InChI=1S/C29H34ClFN4O7/c30-21-6-17(5-20(11-21)29(16-31)1-3-42-4-2-29)18(10-26(39)40)8-24(37)13-32-27(41)19-7-22(12-23(36)9-19)35-28-33-14-25(38)15-34-28/h5-7,9,11-12,18,25,36,38H,1-4,8,10,13-16H2,(H,32,41)(H,39,40)(H2,33,34,35)/t18-/m0/s1. The molecule has 4 rings (SSSR count). The van der Waals surface area contributed by atoms with Crippen LogP contribution in [0.4, 0.5) is 10.1 Å². The number of phenolic OH excluding ortho intramolecular Hbond substituents is 1. The van der Waals surface area contributed by atoms with Gasteiger partial charge in [-0.25, -0.2) is 0 Å². The van der Waals surface area contributed by atoms with Gasteiger partial charge in [-0.05, 0) is 48.2 Å². The number of carbonyl (C=O) groups is 3. The van der Waals surface area contributed by atoms with Crippen molar-refractivity contribution < 1.29 is 38.8 Å². The first-order chi connectivity index (χ1) is 20.1. The monoisotopic (exact) mass is 604 g/mol. The van der Waals surface area contributed by atoms with E-state index < -0.39 is 41.8 Å². The highest BCUT2D eigenvalue weighted by Gasteiger charge is 2.36. The van der Waals surface area contributed by atoms with Crippen molar-refractivity contribution in [3.8, 4) is 5.75 Å². The van der Waals surface area contributed by atoms with Gasteiger partial charge in [0, 0.05) is 59.9 Å². The van der Waals surface area contributed by atoms with Crippen molar-refractivity contribution in [2.75, 3.05) is 44.8 Å². The number of aliphatic imine (C=N–C) groups is 1. The van der Waals surface area contributed by atoms with Crippen LogP contribution in [-0.2, 0) is 19.7 Å². The van der Waals surface area contributed by atoms with Crippen molar-refractivity contribution in [2.24, 2.45) is 4.99 Å². The largest absolute Gasteiger partial charge is 0.508 e. The number of ether oxygens (including phenoxy) is 1. The maximum atomic E-state index is 14.3. The zero-order chi connectivity index (χ0) is 30.3. The van der Waals surface area contributed by atoms with E-state index >= 15 is 0 Å². The van der Waals surface area contributed by atoms with Crippen molar-refractivity contribution in [3.05, 3.63) is 58.1 Å². The van der Waals surface area contributed by atoms with Gasteiger partial charge in [-0.15, -0.1) is 0 Å². The first-order valence-electron chi connectivity index (χ1n) is 13.6. The number of aliphatic carboxylic acids is 1. The molecule has 0 radical (unpaired) electrons. The number of benzene rings is 2. The summed E-state index contributed by atoms with van der Waals surface area (Å²) < 4.78 is 19.7. The van der Waals surface area contributed by atoms with Gasteiger partial charge in [-0.1, -0.05) is 17.7 Å². The number of amides is 1. The Kier molecular flexibility index (Phi) is 10.4. The molecule has 1 fully saturated rings. The second-order valence-electron chi connectivity index (χ2n) is 10.6. The summed E-state index contributed by atoms with van der Waals surface area (Å²) in [4.78, 5) is 41.6. The molecule has 0 aromatic heterocycles.